The average Bonchev–Trinajstić information content (AvgIpc) is 2.49. The zero-order valence-electron chi connectivity index (χ0n) is 12.3. The molecule has 0 bridgehead atoms. The Balaban J connectivity index is 2.22. The third kappa shape index (κ3) is 4.15. The first kappa shape index (κ1) is 16.7. The van der Waals surface area contributed by atoms with Crippen molar-refractivity contribution in [3.05, 3.63) is 53.6 Å². The number of hydrogen-bond acceptors (Lipinski definition) is 4. The lowest BCUT2D eigenvalue weighted by Crippen LogP contribution is -2.07. The second-order valence-corrected chi connectivity index (χ2v) is 4.73. The Morgan fingerprint density at radius 3 is 2.57 bits per heavy atom. The highest BCUT2D eigenvalue weighted by Gasteiger charge is 2.30. The molecule has 0 unspecified atom stereocenters. The summed E-state index contributed by atoms with van der Waals surface area (Å²) in [5.74, 6) is -0.509. The van der Waals surface area contributed by atoms with Gasteiger partial charge in [0.05, 0.1) is 29.1 Å². The van der Waals surface area contributed by atoms with Crippen LogP contribution in [-0.2, 0) is 10.9 Å². The number of hydrogen-bond donors (Lipinski definition) is 2. The van der Waals surface area contributed by atoms with Crippen LogP contribution in [-0.4, -0.2) is 12.6 Å². The number of nitrogen functional groups attached to an aromatic ring is 1. The van der Waals surface area contributed by atoms with Gasteiger partial charge in [-0.3, -0.25) is 0 Å². The van der Waals surface area contributed by atoms with Gasteiger partial charge in [0, 0.05) is 5.69 Å². The second kappa shape index (κ2) is 6.60. The van der Waals surface area contributed by atoms with Crippen LogP contribution in [0.1, 0.15) is 22.8 Å². The van der Waals surface area contributed by atoms with E-state index in [0.29, 0.717) is 5.69 Å². The van der Waals surface area contributed by atoms with Crippen LogP contribution < -0.4 is 11.1 Å². The molecule has 3 N–H and O–H groups in total. The largest absolute Gasteiger partial charge is 0.462 e. The van der Waals surface area contributed by atoms with Crippen molar-refractivity contribution < 1.29 is 22.7 Å². The maximum atomic E-state index is 12.7. The molecule has 0 saturated carbocycles. The van der Waals surface area contributed by atoms with E-state index in [2.05, 4.69) is 5.32 Å². The number of esters is 1. The number of ether oxygens (including phenoxy) is 1. The van der Waals surface area contributed by atoms with Gasteiger partial charge in [-0.25, -0.2) is 4.79 Å². The number of rotatable bonds is 4. The van der Waals surface area contributed by atoms with E-state index < -0.39 is 17.7 Å². The van der Waals surface area contributed by atoms with E-state index in [-0.39, 0.29) is 23.5 Å². The fourth-order valence-electron chi connectivity index (χ4n) is 1.95. The van der Waals surface area contributed by atoms with Gasteiger partial charge in [0.2, 0.25) is 0 Å². The molecule has 7 heteroatoms. The molecule has 0 aliphatic heterocycles. The van der Waals surface area contributed by atoms with Crippen LogP contribution >= 0.6 is 0 Å². The topological polar surface area (TPSA) is 64.3 Å². The molecule has 0 aromatic heterocycles. The molecule has 2 aromatic rings. The van der Waals surface area contributed by atoms with Crippen molar-refractivity contribution in [1.29, 1.82) is 0 Å². The number of nitrogens with one attached hydrogen (secondary N) is 1. The van der Waals surface area contributed by atoms with Crippen LogP contribution in [0.3, 0.4) is 0 Å². The van der Waals surface area contributed by atoms with Crippen molar-refractivity contribution in [1.82, 2.24) is 0 Å². The highest BCUT2D eigenvalue weighted by molar-refractivity contribution is 5.92. The summed E-state index contributed by atoms with van der Waals surface area (Å²) >= 11 is 0. The summed E-state index contributed by atoms with van der Waals surface area (Å²) in [6.45, 7) is 1.92. The van der Waals surface area contributed by atoms with Crippen molar-refractivity contribution >= 4 is 23.0 Å². The van der Waals surface area contributed by atoms with Crippen molar-refractivity contribution in [3.63, 3.8) is 0 Å². The molecule has 0 fully saturated rings. The molecule has 0 radical (unpaired) electrons. The number of carbonyl (C=O) groups excluding carboxylic acids is 1. The van der Waals surface area contributed by atoms with Gasteiger partial charge in [-0.2, -0.15) is 13.2 Å². The Morgan fingerprint density at radius 2 is 1.96 bits per heavy atom. The highest BCUT2D eigenvalue weighted by Crippen LogP contribution is 2.32. The summed E-state index contributed by atoms with van der Waals surface area (Å²) in [6, 6.07) is 9.18. The Morgan fingerprint density at radius 1 is 1.22 bits per heavy atom. The minimum atomic E-state index is -4.42. The molecule has 122 valence electrons. The van der Waals surface area contributed by atoms with Crippen molar-refractivity contribution in [2.75, 3.05) is 17.7 Å². The van der Waals surface area contributed by atoms with E-state index in [1.807, 2.05) is 0 Å². The lowest BCUT2D eigenvalue weighted by atomic mass is 10.1. The quantitative estimate of drug-likeness (QED) is 0.653. The summed E-state index contributed by atoms with van der Waals surface area (Å²) in [4.78, 5) is 11.6. The van der Waals surface area contributed by atoms with E-state index in [1.54, 1.807) is 6.92 Å². The van der Waals surface area contributed by atoms with Gasteiger partial charge in [-0.15, -0.1) is 0 Å². The molecule has 0 amide bonds. The van der Waals surface area contributed by atoms with E-state index in [0.717, 1.165) is 12.1 Å². The lowest BCUT2D eigenvalue weighted by molar-refractivity contribution is -0.137. The maximum absolute atomic E-state index is 12.7. The predicted octanol–water partition coefficient (Wildman–Crippen LogP) is 4.21. The molecule has 2 aromatic carbocycles. The maximum Gasteiger partial charge on any atom is 0.416 e. The summed E-state index contributed by atoms with van der Waals surface area (Å²) < 4.78 is 42.9. The molecule has 0 heterocycles. The molecule has 4 nitrogen and oxygen atoms in total. The zero-order chi connectivity index (χ0) is 17.0. The van der Waals surface area contributed by atoms with E-state index >= 15 is 0 Å². The van der Waals surface area contributed by atoms with Crippen molar-refractivity contribution in [3.8, 4) is 0 Å². The van der Waals surface area contributed by atoms with Gasteiger partial charge < -0.3 is 15.8 Å². The fraction of sp³-hybridized carbons (Fsp3) is 0.188. The lowest BCUT2D eigenvalue weighted by Gasteiger charge is -2.13. The Bertz CT molecular complexity index is 715. The van der Waals surface area contributed by atoms with Crippen molar-refractivity contribution in [2.45, 2.75) is 13.1 Å². The number of carbonyl (C=O) groups is 1. The smallest absolute Gasteiger partial charge is 0.416 e. The number of alkyl halides is 3. The van der Waals surface area contributed by atoms with E-state index in [9.17, 15) is 18.0 Å². The standard InChI is InChI=1S/C16H15F3N2O2/c1-2-23-15(22)10-6-7-14(13(20)8-10)21-12-5-3-4-11(9-12)16(17,18)19/h3-9,21H,2,20H2,1H3. The van der Waals surface area contributed by atoms with Gasteiger partial charge in [0.1, 0.15) is 0 Å². The fourth-order valence-corrected chi connectivity index (χ4v) is 1.95. The number of halogens is 3. The van der Waals surface area contributed by atoms with E-state index in [4.69, 9.17) is 10.5 Å². The minimum Gasteiger partial charge on any atom is -0.462 e. The van der Waals surface area contributed by atoms with Gasteiger partial charge in [0.15, 0.2) is 0 Å². The summed E-state index contributed by atoms with van der Waals surface area (Å²) in [6.07, 6.45) is -4.42. The summed E-state index contributed by atoms with van der Waals surface area (Å²) in [5.41, 5.74) is 6.23. The zero-order valence-corrected chi connectivity index (χ0v) is 12.3. The van der Waals surface area contributed by atoms with Crippen LogP contribution in [0.15, 0.2) is 42.5 Å². The predicted molar refractivity (Wildman–Crippen MR) is 81.5 cm³/mol. The average molecular weight is 324 g/mol. The molecule has 0 spiro atoms. The van der Waals surface area contributed by atoms with Crippen LogP contribution in [0.4, 0.5) is 30.2 Å². The van der Waals surface area contributed by atoms with Crippen LogP contribution in [0.2, 0.25) is 0 Å². The molecule has 0 aliphatic rings. The summed E-state index contributed by atoms with van der Waals surface area (Å²) in [5, 5.41) is 2.81. The first-order valence-corrected chi connectivity index (χ1v) is 6.82. The molecule has 0 saturated heterocycles. The van der Waals surface area contributed by atoms with Gasteiger partial charge >= 0.3 is 12.1 Å². The Labute approximate surface area is 131 Å². The molecular weight excluding hydrogens is 309 g/mol. The van der Waals surface area contributed by atoms with Gasteiger partial charge in [0.25, 0.3) is 0 Å². The van der Waals surface area contributed by atoms with Crippen LogP contribution in [0, 0.1) is 0 Å². The van der Waals surface area contributed by atoms with E-state index in [1.165, 1.54) is 30.3 Å². The number of anilines is 3. The Kier molecular flexibility index (Phi) is 4.78. The number of nitrogens with two attached hydrogens (primary N) is 1. The van der Waals surface area contributed by atoms with Crippen molar-refractivity contribution in [2.24, 2.45) is 0 Å². The first-order chi connectivity index (χ1) is 10.8. The third-order valence-corrected chi connectivity index (χ3v) is 3.03. The third-order valence-electron chi connectivity index (χ3n) is 3.03. The molecule has 0 atom stereocenters. The second-order valence-electron chi connectivity index (χ2n) is 4.73. The minimum absolute atomic E-state index is 0.230. The first-order valence-electron chi connectivity index (χ1n) is 6.82. The molecule has 23 heavy (non-hydrogen) atoms. The SMILES string of the molecule is CCOC(=O)c1ccc(Nc2cccc(C(F)(F)F)c2)c(N)c1. The van der Waals surface area contributed by atoms with Gasteiger partial charge in [-0.05, 0) is 43.3 Å². The monoisotopic (exact) mass is 324 g/mol. The van der Waals surface area contributed by atoms with Crippen LogP contribution in [0.5, 0.6) is 0 Å². The molecule has 0 aliphatic carbocycles. The highest BCUT2D eigenvalue weighted by atomic mass is 19.4. The molecular formula is C16H15F3N2O2. The normalized spacial score (nSPS) is 11.1. The Hall–Kier alpha value is -2.70. The van der Waals surface area contributed by atoms with Crippen LogP contribution in [0.25, 0.3) is 0 Å². The summed E-state index contributed by atoms with van der Waals surface area (Å²) in [7, 11) is 0. The van der Waals surface area contributed by atoms with Gasteiger partial charge in [-0.1, -0.05) is 6.07 Å². The molecule has 2 rings (SSSR count). The number of benzene rings is 2.